The molecule has 1 unspecified atom stereocenters. The van der Waals surface area contributed by atoms with E-state index in [2.05, 4.69) is 34.2 Å². The van der Waals surface area contributed by atoms with Gasteiger partial charge in [-0.2, -0.15) is 0 Å². The molecular formula is C15H17BrN2O2S. The first-order valence-electron chi connectivity index (χ1n) is 6.82. The zero-order chi connectivity index (χ0) is 15.2. The number of rotatable bonds is 7. The molecule has 21 heavy (non-hydrogen) atoms. The van der Waals surface area contributed by atoms with Crippen molar-refractivity contribution < 1.29 is 4.92 Å². The summed E-state index contributed by atoms with van der Waals surface area (Å²) in [6.45, 7) is 3.00. The van der Waals surface area contributed by atoms with Crippen LogP contribution >= 0.6 is 27.3 Å². The Bertz CT molecular complexity index is 615. The molecule has 0 saturated heterocycles. The van der Waals surface area contributed by atoms with E-state index >= 15 is 0 Å². The van der Waals surface area contributed by atoms with Gasteiger partial charge in [0.15, 0.2) is 0 Å². The Kier molecular flexibility index (Phi) is 5.90. The Balaban J connectivity index is 2.24. The normalized spacial score (nSPS) is 12.3. The molecule has 0 aliphatic heterocycles. The highest BCUT2D eigenvalue weighted by atomic mass is 79.9. The number of nitro groups is 1. The lowest BCUT2D eigenvalue weighted by molar-refractivity contribution is -0.385. The minimum absolute atomic E-state index is 0.0994. The molecule has 0 fully saturated rings. The first-order chi connectivity index (χ1) is 10.1. The van der Waals surface area contributed by atoms with E-state index in [1.54, 1.807) is 23.5 Å². The maximum Gasteiger partial charge on any atom is 0.272 e. The third-order valence-corrected chi connectivity index (χ3v) is 4.93. The van der Waals surface area contributed by atoms with Crippen molar-refractivity contribution in [2.24, 2.45) is 0 Å². The molecule has 0 amide bonds. The van der Waals surface area contributed by atoms with Crippen LogP contribution in [0.5, 0.6) is 0 Å². The largest absolute Gasteiger partial charge is 0.309 e. The van der Waals surface area contributed by atoms with Crippen LogP contribution in [0.4, 0.5) is 5.69 Å². The summed E-state index contributed by atoms with van der Waals surface area (Å²) in [6.07, 6.45) is 1.64. The minimum Gasteiger partial charge on any atom is -0.309 e. The van der Waals surface area contributed by atoms with Crippen LogP contribution in [0.3, 0.4) is 0 Å². The van der Waals surface area contributed by atoms with Gasteiger partial charge in [0.2, 0.25) is 0 Å². The van der Waals surface area contributed by atoms with Gasteiger partial charge in [0.25, 0.3) is 5.69 Å². The number of hydrogen-bond donors (Lipinski definition) is 1. The first-order valence-corrected chi connectivity index (χ1v) is 8.43. The van der Waals surface area contributed by atoms with E-state index in [1.165, 1.54) is 4.88 Å². The van der Waals surface area contributed by atoms with Crippen molar-refractivity contribution in [3.63, 3.8) is 0 Å². The van der Waals surface area contributed by atoms with Gasteiger partial charge in [-0.3, -0.25) is 10.1 Å². The van der Waals surface area contributed by atoms with Crippen LogP contribution in [0.25, 0.3) is 0 Å². The Morgan fingerprint density at radius 2 is 2.10 bits per heavy atom. The number of benzene rings is 1. The van der Waals surface area contributed by atoms with Crippen molar-refractivity contribution in [1.29, 1.82) is 0 Å². The van der Waals surface area contributed by atoms with Crippen molar-refractivity contribution in [3.8, 4) is 0 Å². The van der Waals surface area contributed by atoms with E-state index in [9.17, 15) is 10.1 Å². The molecule has 4 nitrogen and oxygen atoms in total. The highest BCUT2D eigenvalue weighted by Gasteiger charge is 2.19. The van der Waals surface area contributed by atoms with E-state index in [0.29, 0.717) is 6.42 Å². The van der Waals surface area contributed by atoms with E-state index in [4.69, 9.17) is 0 Å². The van der Waals surface area contributed by atoms with Crippen LogP contribution in [-0.4, -0.2) is 11.5 Å². The Morgan fingerprint density at radius 3 is 2.71 bits per heavy atom. The number of hydrogen-bond acceptors (Lipinski definition) is 4. The van der Waals surface area contributed by atoms with Crippen LogP contribution in [0.2, 0.25) is 0 Å². The molecule has 1 atom stereocenters. The molecule has 0 aliphatic rings. The predicted octanol–water partition coefficient (Wildman–Crippen LogP) is 4.70. The molecule has 2 aromatic rings. The van der Waals surface area contributed by atoms with Crippen LogP contribution < -0.4 is 5.32 Å². The van der Waals surface area contributed by atoms with E-state index in [0.717, 1.165) is 22.3 Å². The van der Waals surface area contributed by atoms with Crippen LogP contribution in [0.1, 0.15) is 29.8 Å². The smallest absolute Gasteiger partial charge is 0.272 e. The average Bonchev–Trinajstić information content (AvgIpc) is 2.90. The summed E-state index contributed by atoms with van der Waals surface area (Å²) in [7, 11) is 0. The second-order valence-corrected chi connectivity index (χ2v) is 7.23. The molecule has 1 N–H and O–H groups in total. The molecule has 6 heteroatoms. The van der Waals surface area contributed by atoms with Crippen LogP contribution in [0.15, 0.2) is 40.2 Å². The van der Waals surface area contributed by atoms with Gasteiger partial charge in [0, 0.05) is 22.5 Å². The van der Waals surface area contributed by atoms with E-state index < -0.39 is 0 Å². The van der Waals surface area contributed by atoms with Crippen molar-refractivity contribution in [1.82, 2.24) is 5.32 Å². The molecule has 1 aromatic heterocycles. The van der Waals surface area contributed by atoms with Crippen molar-refractivity contribution in [2.45, 2.75) is 25.8 Å². The second-order valence-electron chi connectivity index (χ2n) is 4.74. The van der Waals surface area contributed by atoms with Crippen molar-refractivity contribution in [2.75, 3.05) is 6.54 Å². The van der Waals surface area contributed by atoms with Gasteiger partial charge in [-0.05, 0) is 47.4 Å². The molecule has 0 saturated carbocycles. The lowest BCUT2D eigenvalue weighted by Crippen LogP contribution is -2.23. The number of nitro benzene ring substituents is 1. The summed E-state index contributed by atoms with van der Waals surface area (Å²) in [6, 6.07) is 11.1. The quantitative estimate of drug-likeness (QED) is 0.568. The summed E-state index contributed by atoms with van der Waals surface area (Å²) in [5.74, 6) is 0. The molecule has 0 bridgehead atoms. The fraction of sp³-hybridized carbons (Fsp3) is 0.333. The minimum atomic E-state index is -0.309. The lowest BCUT2D eigenvalue weighted by atomic mass is 10.0. The first kappa shape index (κ1) is 16.1. The maximum absolute atomic E-state index is 11.1. The topological polar surface area (TPSA) is 55.2 Å². The van der Waals surface area contributed by atoms with Gasteiger partial charge in [0.05, 0.1) is 8.71 Å². The van der Waals surface area contributed by atoms with Gasteiger partial charge in [-0.25, -0.2) is 0 Å². The lowest BCUT2D eigenvalue weighted by Gasteiger charge is -2.17. The van der Waals surface area contributed by atoms with Gasteiger partial charge >= 0.3 is 0 Å². The van der Waals surface area contributed by atoms with Gasteiger partial charge < -0.3 is 5.32 Å². The monoisotopic (exact) mass is 368 g/mol. The Hall–Kier alpha value is -1.24. The van der Waals surface area contributed by atoms with Crippen molar-refractivity contribution >= 4 is 33.0 Å². The maximum atomic E-state index is 11.1. The number of nitrogens with one attached hydrogen (secondary N) is 1. The summed E-state index contributed by atoms with van der Waals surface area (Å²) in [5, 5.41) is 14.6. The molecule has 0 aliphatic carbocycles. The number of thiophene rings is 1. The Labute approximate surface area is 136 Å². The van der Waals surface area contributed by atoms with Crippen molar-refractivity contribution in [3.05, 3.63) is 60.7 Å². The summed E-state index contributed by atoms with van der Waals surface area (Å²) >= 11 is 5.14. The fourth-order valence-electron chi connectivity index (χ4n) is 2.19. The second kappa shape index (κ2) is 7.68. The predicted molar refractivity (Wildman–Crippen MR) is 89.9 cm³/mol. The molecule has 2 rings (SSSR count). The third kappa shape index (κ3) is 4.36. The molecule has 1 heterocycles. The summed E-state index contributed by atoms with van der Waals surface area (Å²) in [5.41, 5.74) is 0.956. The van der Waals surface area contributed by atoms with Gasteiger partial charge in [-0.1, -0.05) is 25.1 Å². The summed E-state index contributed by atoms with van der Waals surface area (Å²) in [4.78, 5) is 12.0. The molecular weight excluding hydrogens is 352 g/mol. The van der Waals surface area contributed by atoms with E-state index in [1.807, 2.05) is 18.2 Å². The number of halogens is 1. The number of para-hydroxylation sites is 1. The third-order valence-electron chi connectivity index (χ3n) is 3.19. The van der Waals surface area contributed by atoms with Crippen LogP contribution in [0, 0.1) is 10.1 Å². The van der Waals surface area contributed by atoms with E-state index in [-0.39, 0.29) is 16.7 Å². The zero-order valence-electron chi connectivity index (χ0n) is 11.7. The highest BCUT2D eigenvalue weighted by molar-refractivity contribution is 9.11. The SMILES string of the molecule is CCCNC(Cc1ccccc1[N+](=O)[O-])c1ccc(Br)s1. The molecule has 1 aromatic carbocycles. The Morgan fingerprint density at radius 1 is 1.33 bits per heavy atom. The highest BCUT2D eigenvalue weighted by Crippen LogP contribution is 2.31. The fourth-order valence-corrected chi connectivity index (χ4v) is 3.69. The molecule has 112 valence electrons. The zero-order valence-corrected chi connectivity index (χ0v) is 14.1. The number of nitrogens with zero attached hydrogens (tertiary/aromatic N) is 1. The molecule has 0 spiro atoms. The van der Waals surface area contributed by atoms with Crippen LogP contribution in [-0.2, 0) is 6.42 Å². The van der Waals surface area contributed by atoms with Gasteiger partial charge in [-0.15, -0.1) is 11.3 Å². The standard InChI is InChI=1S/C15H17BrN2O2S/c1-2-9-17-12(14-7-8-15(16)21-14)10-11-5-3-4-6-13(11)18(19)20/h3-8,12,17H,2,9-10H2,1H3. The van der Waals surface area contributed by atoms with Gasteiger partial charge in [0.1, 0.15) is 0 Å². The average molecular weight is 369 g/mol. The summed E-state index contributed by atoms with van der Waals surface area (Å²) < 4.78 is 1.07. The molecule has 0 radical (unpaired) electrons.